The molecular weight excluding hydrogens is 399 g/mol. The first-order chi connectivity index (χ1) is 7.09. The molecule has 0 bridgehead atoms. The summed E-state index contributed by atoms with van der Waals surface area (Å²) < 4.78 is 38.1. The fourth-order valence-electron chi connectivity index (χ4n) is 1.13. The second-order valence-corrected chi connectivity index (χ2v) is 2.73. The van der Waals surface area contributed by atoms with E-state index in [1.54, 1.807) is 12.1 Å². The van der Waals surface area contributed by atoms with E-state index in [0.717, 1.165) is 10.8 Å². The number of aromatic nitrogens is 3. The SMILES string of the molecule is FC(F)(F)c1nc[c-]n1-c1ccccn1.[Ir]. The van der Waals surface area contributed by atoms with Crippen molar-refractivity contribution in [1.29, 1.82) is 0 Å². The van der Waals surface area contributed by atoms with Crippen molar-refractivity contribution in [2.24, 2.45) is 0 Å². The molecule has 1 radical (unpaired) electrons. The normalized spacial score (nSPS) is 10.9. The first kappa shape index (κ1) is 12.9. The summed E-state index contributed by atoms with van der Waals surface area (Å²) in [5.41, 5.74) is 0. The first-order valence-electron chi connectivity index (χ1n) is 4.03. The monoisotopic (exact) mass is 405 g/mol. The van der Waals surface area contributed by atoms with Crippen molar-refractivity contribution in [3.8, 4) is 5.82 Å². The zero-order valence-corrected chi connectivity index (χ0v) is 10.1. The Bertz CT molecular complexity index is 453. The van der Waals surface area contributed by atoms with E-state index in [1.165, 1.54) is 12.3 Å². The van der Waals surface area contributed by atoms with E-state index < -0.39 is 12.0 Å². The molecule has 0 amide bonds. The van der Waals surface area contributed by atoms with Crippen molar-refractivity contribution in [1.82, 2.24) is 14.5 Å². The molecule has 2 rings (SSSR count). The minimum absolute atomic E-state index is 0. The van der Waals surface area contributed by atoms with E-state index in [9.17, 15) is 13.2 Å². The minimum Gasteiger partial charge on any atom is -0.443 e. The van der Waals surface area contributed by atoms with Gasteiger partial charge in [0.2, 0.25) is 0 Å². The van der Waals surface area contributed by atoms with Crippen molar-refractivity contribution in [3.63, 3.8) is 0 Å². The first-order valence-corrected chi connectivity index (χ1v) is 4.03. The number of halogens is 3. The molecule has 16 heavy (non-hydrogen) atoms. The zero-order valence-electron chi connectivity index (χ0n) is 7.70. The summed E-state index contributed by atoms with van der Waals surface area (Å²) in [6.45, 7) is 0. The minimum atomic E-state index is -4.50. The summed E-state index contributed by atoms with van der Waals surface area (Å²) in [7, 11) is 0. The predicted octanol–water partition coefficient (Wildman–Crippen LogP) is 2.08. The van der Waals surface area contributed by atoms with Gasteiger partial charge in [-0.25, -0.2) is 0 Å². The molecule has 0 aliphatic heterocycles. The summed E-state index contributed by atoms with van der Waals surface area (Å²) >= 11 is 0. The molecular formula is C9H5F3IrN3-. The van der Waals surface area contributed by atoms with Crippen LogP contribution in [-0.2, 0) is 26.3 Å². The van der Waals surface area contributed by atoms with Crippen LogP contribution in [0.15, 0.2) is 30.6 Å². The Balaban J connectivity index is 0.00000128. The number of hydrogen-bond acceptors (Lipinski definition) is 2. The smallest absolute Gasteiger partial charge is 0.400 e. The number of hydrogen-bond donors (Lipinski definition) is 0. The molecule has 0 N–H and O–H groups in total. The molecule has 3 nitrogen and oxygen atoms in total. The second-order valence-electron chi connectivity index (χ2n) is 2.73. The van der Waals surface area contributed by atoms with Gasteiger partial charge in [0.25, 0.3) is 0 Å². The average molecular weight is 404 g/mol. The van der Waals surface area contributed by atoms with Gasteiger partial charge in [-0.15, -0.1) is 0 Å². The van der Waals surface area contributed by atoms with Crippen molar-refractivity contribution in [2.45, 2.75) is 6.18 Å². The van der Waals surface area contributed by atoms with Gasteiger partial charge < -0.3 is 14.5 Å². The van der Waals surface area contributed by atoms with Gasteiger partial charge in [-0.1, -0.05) is 18.3 Å². The predicted molar refractivity (Wildman–Crippen MR) is 45.2 cm³/mol. The van der Waals surface area contributed by atoms with Crippen molar-refractivity contribution < 1.29 is 33.3 Å². The molecule has 2 heterocycles. The van der Waals surface area contributed by atoms with Crippen LogP contribution in [0.3, 0.4) is 0 Å². The van der Waals surface area contributed by atoms with Crippen LogP contribution in [0.2, 0.25) is 0 Å². The van der Waals surface area contributed by atoms with Crippen molar-refractivity contribution in [2.75, 3.05) is 0 Å². The van der Waals surface area contributed by atoms with Crippen LogP contribution in [0.25, 0.3) is 5.82 Å². The molecule has 0 aliphatic carbocycles. The molecule has 87 valence electrons. The van der Waals surface area contributed by atoms with Gasteiger partial charge in [0.05, 0.1) is 0 Å². The second kappa shape index (κ2) is 4.76. The van der Waals surface area contributed by atoms with E-state index in [0.29, 0.717) is 0 Å². The molecule has 7 heteroatoms. The van der Waals surface area contributed by atoms with Gasteiger partial charge in [-0.2, -0.15) is 13.2 Å². The van der Waals surface area contributed by atoms with Crippen LogP contribution in [0, 0.1) is 6.20 Å². The van der Waals surface area contributed by atoms with Gasteiger partial charge in [0.15, 0.2) is 0 Å². The van der Waals surface area contributed by atoms with Gasteiger partial charge in [-0.3, -0.25) is 0 Å². The summed E-state index contributed by atoms with van der Waals surface area (Å²) in [5, 5.41) is 0. The molecule has 0 saturated heterocycles. The van der Waals surface area contributed by atoms with Crippen LogP contribution in [-0.4, -0.2) is 14.5 Å². The molecule has 0 atom stereocenters. The third-order valence-electron chi connectivity index (χ3n) is 1.72. The maximum absolute atomic E-state index is 12.4. The van der Waals surface area contributed by atoms with E-state index in [2.05, 4.69) is 16.2 Å². The molecule has 2 aromatic heterocycles. The van der Waals surface area contributed by atoms with E-state index in [-0.39, 0.29) is 25.9 Å². The van der Waals surface area contributed by atoms with Crippen LogP contribution in [0.5, 0.6) is 0 Å². The van der Waals surface area contributed by atoms with Crippen molar-refractivity contribution >= 4 is 0 Å². The van der Waals surface area contributed by atoms with Gasteiger partial charge in [0, 0.05) is 32.1 Å². The Morgan fingerprint density at radius 3 is 2.50 bits per heavy atom. The Hall–Kier alpha value is -1.20. The van der Waals surface area contributed by atoms with Crippen LogP contribution in [0.1, 0.15) is 5.82 Å². The Kier molecular flexibility index (Phi) is 3.83. The van der Waals surface area contributed by atoms with E-state index in [1.807, 2.05) is 0 Å². The van der Waals surface area contributed by atoms with Crippen LogP contribution < -0.4 is 0 Å². The maximum atomic E-state index is 12.4. The standard InChI is InChI=1S/C9H5F3N3.Ir/c10-9(11,12)8-14-5-6-15(8)7-3-1-2-4-13-7;/h1-5H;/q-1;. The molecule has 2 aromatic rings. The Morgan fingerprint density at radius 1 is 1.19 bits per heavy atom. The third-order valence-corrected chi connectivity index (χ3v) is 1.72. The average Bonchev–Trinajstić information content (AvgIpc) is 2.67. The summed E-state index contributed by atoms with van der Waals surface area (Å²) in [6, 6.07) is 4.66. The number of rotatable bonds is 1. The Morgan fingerprint density at radius 2 is 1.94 bits per heavy atom. The number of pyridine rings is 1. The number of imidazole rings is 1. The zero-order chi connectivity index (χ0) is 10.9. The largest absolute Gasteiger partial charge is 0.443 e. The van der Waals surface area contributed by atoms with E-state index in [4.69, 9.17) is 0 Å². The van der Waals surface area contributed by atoms with Crippen LogP contribution in [0.4, 0.5) is 13.2 Å². The maximum Gasteiger partial charge on any atom is 0.400 e. The topological polar surface area (TPSA) is 30.7 Å². The third kappa shape index (κ3) is 2.48. The summed E-state index contributed by atoms with van der Waals surface area (Å²) in [5.74, 6) is -0.886. The van der Waals surface area contributed by atoms with Gasteiger partial charge in [-0.05, 0) is 12.3 Å². The number of nitrogens with zero attached hydrogens (tertiary/aromatic N) is 3. The fourth-order valence-corrected chi connectivity index (χ4v) is 1.13. The van der Waals surface area contributed by atoms with E-state index >= 15 is 0 Å². The van der Waals surface area contributed by atoms with Crippen molar-refractivity contribution in [3.05, 3.63) is 42.6 Å². The van der Waals surface area contributed by atoms with Crippen LogP contribution >= 0.6 is 0 Å². The summed E-state index contributed by atoms with van der Waals surface area (Å²) in [4.78, 5) is 6.99. The fraction of sp³-hybridized carbons (Fsp3) is 0.111. The quantitative estimate of drug-likeness (QED) is 0.682. The van der Waals surface area contributed by atoms with Gasteiger partial charge >= 0.3 is 6.18 Å². The molecule has 0 unspecified atom stereocenters. The summed E-state index contributed by atoms with van der Waals surface area (Å²) in [6.07, 6.45) is 0.225. The molecule has 0 spiro atoms. The number of alkyl halides is 3. The molecule has 0 saturated carbocycles. The molecule has 0 fully saturated rings. The molecule has 0 aliphatic rings. The van der Waals surface area contributed by atoms with Gasteiger partial charge in [0.1, 0.15) is 5.82 Å². The Labute approximate surface area is 103 Å². The molecule has 0 aromatic carbocycles.